The third-order valence-corrected chi connectivity index (χ3v) is 3.95. The molecule has 0 spiro atoms. The molecule has 3 nitrogen and oxygen atoms in total. The zero-order chi connectivity index (χ0) is 13.7. The van der Waals surface area contributed by atoms with Crippen molar-refractivity contribution >= 4 is 0 Å². The number of hydrogen-bond acceptors (Lipinski definition) is 3. The molecule has 0 saturated carbocycles. The fraction of sp³-hybridized carbons (Fsp3) is 0.625. The van der Waals surface area contributed by atoms with Gasteiger partial charge in [0.25, 0.3) is 0 Å². The zero-order valence-electron chi connectivity index (χ0n) is 12.3. The molecule has 1 aliphatic rings. The Morgan fingerprint density at radius 3 is 2.79 bits per heavy atom. The summed E-state index contributed by atoms with van der Waals surface area (Å²) in [7, 11) is 0. The lowest BCUT2D eigenvalue weighted by Crippen LogP contribution is -2.55. The van der Waals surface area contributed by atoms with E-state index in [4.69, 9.17) is 4.74 Å². The molecule has 1 saturated heterocycles. The van der Waals surface area contributed by atoms with Gasteiger partial charge in [0.15, 0.2) is 0 Å². The lowest BCUT2D eigenvalue weighted by Gasteiger charge is -2.42. The summed E-state index contributed by atoms with van der Waals surface area (Å²) in [6, 6.07) is 12.2. The number of rotatable bonds is 5. The number of piperazine rings is 1. The van der Waals surface area contributed by atoms with Gasteiger partial charge in [-0.15, -0.1) is 0 Å². The molecule has 0 radical (unpaired) electrons. The molecule has 1 heterocycles. The first-order chi connectivity index (χ1) is 9.22. The number of ether oxygens (including phenoxy) is 1. The maximum atomic E-state index is 5.58. The van der Waals surface area contributed by atoms with Crippen LogP contribution in [0.25, 0.3) is 0 Å². The molecule has 3 atom stereocenters. The summed E-state index contributed by atoms with van der Waals surface area (Å²) in [6.07, 6.45) is 0. The van der Waals surface area contributed by atoms with Crippen molar-refractivity contribution in [1.82, 2.24) is 10.2 Å². The van der Waals surface area contributed by atoms with E-state index in [1.165, 1.54) is 5.56 Å². The van der Waals surface area contributed by atoms with Crippen LogP contribution in [0.1, 0.15) is 32.4 Å². The minimum atomic E-state index is 0.432. The van der Waals surface area contributed by atoms with Crippen LogP contribution in [0.5, 0.6) is 0 Å². The topological polar surface area (TPSA) is 24.5 Å². The molecular weight excluding hydrogens is 236 g/mol. The quantitative estimate of drug-likeness (QED) is 0.882. The summed E-state index contributed by atoms with van der Waals surface area (Å²) < 4.78 is 5.58. The van der Waals surface area contributed by atoms with Gasteiger partial charge >= 0.3 is 0 Å². The minimum Gasteiger partial charge on any atom is -0.380 e. The Morgan fingerprint density at radius 2 is 2.11 bits per heavy atom. The van der Waals surface area contributed by atoms with Crippen molar-refractivity contribution in [2.75, 3.05) is 26.3 Å². The maximum Gasteiger partial charge on any atom is 0.0619 e. The van der Waals surface area contributed by atoms with Gasteiger partial charge in [-0.05, 0) is 26.3 Å². The van der Waals surface area contributed by atoms with Crippen LogP contribution in [0.4, 0.5) is 0 Å². The van der Waals surface area contributed by atoms with Crippen LogP contribution < -0.4 is 5.32 Å². The normalized spacial score (nSPS) is 26.3. The van der Waals surface area contributed by atoms with Gasteiger partial charge in [0, 0.05) is 37.8 Å². The summed E-state index contributed by atoms with van der Waals surface area (Å²) in [5.41, 5.74) is 1.38. The number of nitrogens with zero attached hydrogens (tertiary/aromatic N) is 1. The Hall–Kier alpha value is -0.900. The molecule has 1 aliphatic heterocycles. The Bertz CT molecular complexity index is 368. The van der Waals surface area contributed by atoms with Gasteiger partial charge in [0.05, 0.1) is 6.61 Å². The smallest absolute Gasteiger partial charge is 0.0619 e. The van der Waals surface area contributed by atoms with Gasteiger partial charge in [-0.2, -0.15) is 0 Å². The second-order valence-corrected chi connectivity index (χ2v) is 5.43. The van der Waals surface area contributed by atoms with Gasteiger partial charge in [0.2, 0.25) is 0 Å². The Morgan fingerprint density at radius 1 is 1.37 bits per heavy atom. The molecule has 1 fully saturated rings. The molecule has 0 aromatic heterocycles. The van der Waals surface area contributed by atoms with Crippen molar-refractivity contribution in [3.8, 4) is 0 Å². The van der Waals surface area contributed by atoms with E-state index in [9.17, 15) is 0 Å². The summed E-state index contributed by atoms with van der Waals surface area (Å²) in [5, 5.41) is 3.64. The van der Waals surface area contributed by atoms with Gasteiger partial charge < -0.3 is 10.1 Å². The lowest BCUT2D eigenvalue weighted by molar-refractivity contribution is 0.0332. The highest BCUT2D eigenvalue weighted by molar-refractivity contribution is 5.20. The van der Waals surface area contributed by atoms with Gasteiger partial charge in [-0.25, -0.2) is 0 Å². The molecule has 0 bridgehead atoms. The maximum absolute atomic E-state index is 5.58. The molecule has 106 valence electrons. The molecule has 3 heteroatoms. The van der Waals surface area contributed by atoms with Crippen LogP contribution in [0.2, 0.25) is 0 Å². The molecule has 1 aromatic rings. The van der Waals surface area contributed by atoms with Crippen molar-refractivity contribution in [1.29, 1.82) is 0 Å². The van der Waals surface area contributed by atoms with Crippen LogP contribution in [0.3, 0.4) is 0 Å². The van der Waals surface area contributed by atoms with E-state index in [-0.39, 0.29) is 0 Å². The molecule has 3 unspecified atom stereocenters. The van der Waals surface area contributed by atoms with Gasteiger partial charge in [-0.1, -0.05) is 30.3 Å². The highest BCUT2D eigenvalue weighted by Crippen LogP contribution is 2.21. The Balaban J connectivity index is 1.99. The van der Waals surface area contributed by atoms with E-state index in [1.54, 1.807) is 0 Å². The Labute approximate surface area is 116 Å². The van der Waals surface area contributed by atoms with Crippen LogP contribution in [0, 0.1) is 0 Å². The van der Waals surface area contributed by atoms with Crippen LogP contribution in [0.15, 0.2) is 30.3 Å². The monoisotopic (exact) mass is 262 g/mol. The molecule has 1 N–H and O–H groups in total. The van der Waals surface area contributed by atoms with Crippen molar-refractivity contribution in [2.45, 2.75) is 38.9 Å². The fourth-order valence-corrected chi connectivity index (χ4v) is 2.79. The summed E-state index contributed by atoms with van der Waals surface area (Å²) in [6.45, 7) is 10.3. The zero-order valence-corrected chi connectivity index (χ0v) is 12.3. The highest BCUT2D eigenvalue weighted by atomic mass is 16.5. The van der Waals surface area contributed by atoms with Crippen molar-refractivity contribution in [2.24, 2.45) is 0 Å². The van der Waals surface area contributed by atoms with Crippen LogP contribution >= 0.6 is 0 Å². The van der Waals surface area contributed by atoms with E-state index in [2.05, 4.69) is 61.3 Å². The first-order valence-corrected chi connectivity index (χ1v) is 7.34. The average molecular weight is 262 g/mol. The second kappa shape index (κ2) is 7.04. The van der Waals surface area contributed by atoms with E-state index in [0.717, 1.165) is 26.3 Å². The molecule has 0 amide bonds. The molecular formula is C16H26N2O. The molecule has 2 rings (SSSR count). The molecule has 19 heavy (non-hydrogen) atoms. The summed E-state index contributed by atoms with van der Waals surface area (Å²) >= 11 is 0. The van der Waals surface area contributed by atoms with E-state index < -0.39 is 0 Å². The van der Waals surface area contributed by atoms with E-state index >= 15 is 0 Å². The van der Waals surface area contributed by atoms with Gasteiger partial charge in [-0.3, -0.25) is 4.90 Å². The number of nitrogens with one attached hydrogen (secondary N) is 1. The first kappa shape index (κ1) is 14.5. The predicted molar refractivity (Wildman–Crippen MR) is 79.3 cm³/mol. The van der Waals surface area contributed by atoms with Crippen LogP contribution in [-0.4, -0.2) is 43.3 Å². The largest absolute Gasteiger partial charge is 0.380 e. The van der Waals surface area contributed by atoms with E-state index in [0.29, 0.717) is 18.1 Å². The number of hydrogen-bond donors (Lipinski definition) is 1. The predicted octanol–water partition coefficient (Wildman–Crippen LogP) is 2.45. The third kappa shape index (κ3) is 3.78. The first-order valence-electron chi connectivity index (χ1n) is 7.34. The molecule has 1 aromatic carbocycles. The highest BCUT2D eigenvalue weighted by Gasteiger charge is 2.28. The standard InChI is InChI=1S/C16H26N2O/c1-4-19-12-14(3)18-11-16(17-10-13(18)2)15-8-6-5-7-9-15/h5-9,13-14,16-17H,4,10-12H2,1-3H3. The van der Waals surface area contributed by atoms with Gasteiger partial charge in [0.1, 0.15) is 0 Å². The average Bonchev–Trinajstić information content (AvgIpc) is 2.46. The fourth-order valence-electron chi connectivity index (χ4n) is 2.79. The summed E-state index contributed by atoms with van der Waals surface area (Å²) in [5.74, 6) is 0. The minimum absolute atomic E-state index is 0.432. The third-order valence-electron chi connectivity index (χ3n) is 3.95. The SMILES string of the molecule is CCOCC(C)N1CC(c2ccccc2)NCC1C. The Kier molecular flexibility index (Phi) is 5.37. The van der Waals surface area contributed by atoms with Crippen LogP contribution in [-0.2, 0) is 4.74 Å². The number of benzene rings is 1. The van der Waals surface area contributed by atoms with Crippen molar-refractivity contribution in [3.05, 3.63) is 35.9 Å². The molecule has 0 aliphatic carbocycles. The van der Waals surface area contributed by atoms with Crippen molar-refractivity contribution in [3.63, 3.8) is 0 Å². The second-order valence-electron chi connectivity index (χ2n) is 5.43. The lowest BCUT2D eigenvalue weighted by atomic mass is 10.0. The van der Waals surface area contributed by atoms with Crippen molar-refractivity contribution < 1.29 is 4.74 Å². The summed E-state index contributed by atoms with van der Waals surface area (Å²) in [4.78, 5) is 2.56. The van der Waals surface area contributed by atoms with E-state index in [1.807, 2.05) is 0 Å².